The minimum absolute atomic E-state index is 0.167. The maximum Gasteiger partial charge on any atom is 0.262 e. The summed E-state index contributed by atoms with van der Waals surface area (Å²) in [6.07, 6.45) is 9.01. The van der Waals surface area contributed by atoms with Crippen molar-refractivity contribution in [1.29, 1.82) is 5.26 Å². The Hall–Kier alpha value is -2.54. The lowest BCUT2D eigenvalue weighted by Crippen LogP contribution is -2.41. The molecule has 0 saturated heterocycles. The van der Waals surface area contributed by atoms with Crippen LogP contribution in [0.15, 0.2) is 30.0 Å². The summed E-state index contributed by atoms with van der Waals surface area (Å²) in [5.41, 5.74) is 3.36. The molecule has 1 aliphatic rings. The van der Waals surface area contributed by atoms with Gasteiger partial charge in [-0.15, -0.1) is 0 Å². The van der Waals surface area contributed by atoms with Gasteiger partial charge in [0.05, 0.1) is 0 Å². The standard InChI is InChI=1S/C21H25N3O/c1-3-15-8-6-9-18-17(13-23-20(15)18)11-16(12-22)21(25)24-19-10-5-4-7-14(19)2/h6,8-9,11,13-14,19,23H,3-5,7,10H2,1-2H3,(H,24,25)/b16-11+/t14-,19-/m0/s1. The van der Waals surface area contributed by atoms with Gasteiger partial charge in [-0.05, 0) is 36.8 Å². The Labute approximate surface area is 148 Å². The number of benzene rings is 1. The third kappa shape index (κ3) is 3.61. The van der Waals surface area contributed by atoms with Crippen LogP contribution in [0.2, 0.25) is 0 Å². The molecule has 1 amide bonds. The summed E-state index contributed by atoms with van der Waals surface area (Å²) >= 11 is 0. The number of para-hydroxylation sites is 1. The Morgan fingerprint density at radius 2 is 2.20 bits per heavy atom. The molecule has 4 heteroatoms. The van der Waals surface area contributed by atoms with Gasteiger partial charge in [-0.3, -0.25) is 4.79 Å². The third-order valence-electron chi connectivity index (χ3n) is 5.31. The van der Waals surface area contributed by atoms with Gasteiger partial charge in [0, 0.05) is 28.7 Å². The van der Waals surface area contributed by atoms with E-state index in [1.165, 1.54) is 12.0 Å². The van der Waals surface area contributed by atoms with Gasteiger partial charge in [0.15, 0.2) is 0 Å². The number of carbonyl (C=O) groups excluding carboxylic acids is 1. The van der Waals surface area contributed by atoms with Crippen molar-refractivity contribution in [2.75, 3.05) is 0 Å². The van der Waals surface area contributed by atoms with Crippen LogP contribution in [0.4, 0.5) is 0 Å². The van der Waals surface area contributed by atoms with Gasteiger partial charge >= 0.3 is 0 Å². The van der Waals surface area contributed by atoms with Crippen LogP contribution >= 0.6 is 0 Å². The second-order valence-corrected chi connectivity index (χ2v) is 6.95. The number of nitrogens with one attached hydrogen (secondary N) is 2. The van der Waals surface area contributed by atoms with Crippen LogP contribution < -0.4 is 5.32 Å². The molecular formula is C21H25N3O. The zero-order chi connectivity index (χ0) is 17.8. The maximum absolute atomic E-state index is 12.6. The van der Waals surface area contributed by atoms with Gasteiger partial charge in [0.1, 0.15) is 11.6 Å². The van der Waals surface area contributed by atoms with Crippen LogP contribution in [0.3, 0.4) is 0 Å². The Morgan fingerprint density at radius 3 is 2.92 bits per heavy atom. The molecule has 0 aliphatic heterocycles. The van der Waals surface area contributed by atoms with Crippen LogP contribution in [0.25, 0.3) is 17.0 Å². The fraction of sp³-hybridized carbons (Fsp3) is 0.429. The number of nitrogens with zero attached hydrogens (tertiary/aromatic N) is 1. The van der Waals surface area contributed by atoms with Gasteiger partial charge in [0.25, 0.3) is 5.91 Å². The Kier molecular flexibility index (Phi) is 5.23. The zero-order valence-electron chi connectivity index (χ0n) is 14.9. The van der Waals surface area contributed by atoms with E-state index in [2.05, 4.69) is 36.3 Å². The van der Waals surface area contributed by atoms with Crippen molar-refractivity contribution in [3.63, 3.8) is 0 Å². The van der Waals surface area contributed by atoms with Gasteiger partial charge in [-0.2, -0.15) is 5.26 Å². The number of hydrogen-bond acceptors (Lipinski definition) is 2. The Bertz CT molecular complexity index is 840. The topological polar surface area (TPSA) is 68.7 Å². The molecule has 0 bridgehead atoms. The lowest BCUT2D eigenvalue weighted by atomic mass is 9.86. The molecule has 0 unspecified atom stereocenters. The van der Waals surface area contributed by atoms with E-state index in [9.17, 15) is 10.1 Å². The number of hydrogen-bond donors (Lipinski definition) is 2. The number of rotatable bonds is 4. The third-order valence-corrected chi connectivity index (χ3v) is 5.31. The van der Waals surface area contributed by atoms with Crippen LogP contribution in [0.1, 0.15) is 50.7 Å². The van der Waals surface area contributed by atoms with E-state index in [0.29, 0.717) is 5.92 Å². The van der Waals surface area contributed by atoms with Crippen molar-refractivity contribution >= 4 is 22.9 Å². The fourth-order valence-corrected chi connectivity index (χ4v) is 3.73. The summed E-state index contributed by atoms with van der Waals surface area (Å²) in [6.45, 7) is 4.29. The predicted octanol–water partition coefficient (Wildman–Crippen LogP) is 4.33. The minimum atomic E-state index is -0.262. The number of nitriles is 1. The molecule has 1 saturated carbocycles. The minimum Gasteiger partial charge on any atom is -0.360 e. The van der Waals surface area contributed by atoms with Crippen molar-refractivity contribution < 1.29 is 4.79 Å². The molecular weight excluding hydrogens is 310 g/mol. The maximum atomic E-state index is 12.6. The Morgan fingerprint density at radius 1 is 1.40 bits per heavy atom. The van der Waals surface area contributed by atoms with Crippen molar-refractivity contribution in [3.05, 3.63) is 41.1 Å². The summed E-state index contributed by atoms with van der Waals surface area (Å²) in [6, 6.07) is 8.38. The first kappa shape index (κ1) is 17.3. The molecule has 0 spiro atoms. The monoisotopic (exact) mass is 335 g/mol. The average Bonchev–Trinajstić information content (AvgIpc) is 3.04. The van der Waals surface area contributed by atoms with E-state index < -0.39 is 0 Å². The Balaban J connectivity index is 1.85. The summed E-state index contributed by atoms with van der Waals surface area (Å²) < 4.78 is 0. The zero-order valence-corrected chi connectivity index (χ0v) is 14.9. The number of carbonyl (C=O) groups is 1. The summed E-state index contributed by atoms with van der Waals surface area (Å²) in [7, 11) is 0. The smallest absolute Gasteiger partial charge is 0.262 e. The summed E-state index contributed by atoms with van der Waals surface area (Å²) in [5, 5.41) is 13.6. The quantitative estimate of drug-likeness (QED) is 0.645. The molecule has 1 aromatic carbocycles. The molecule has 2 N–H and O–H groups in total. The first-order valence-electron chi connectivity index (χ1n) is 9.15. The van der Waals surface area contributed by atoms with E-state index in [1.54, 1.807) is 6.08 Å². The highest BCUT2D eigenvalue weighted by Crippen LogP contribution is 2.26. The van der Waals surface area contributed by atoms with E-state index in [-0.39, 0.29) is 17.5 Å². The molecule has 1 aromatic heterocycles. The van der Waals surface area contributed by atoms with Crippen LogP contribution in [-0.2, 0) is 11.2 Å². The van der Waals surface area contributed by atoms with Crippen LogP contribution in [0, 0.1) is 17.2 Å². The highest BCUT2D eigenvalue weighted by Gasteiger charge is 2.24. The summed E-state index contributed by atoms with van der Waals surface area (Å²) in [5.74, 6) is 0.208. The molecule has 3 rings (SSSR count). The summed E-state index contributed by atoms with van der Waals surface area (Å²) in [4.78, 5) is 15.8. The molecule has 4 nitrogen and oxygen atoms in total. The molecule has 25 heavy (non-hydrogen) atoms. The van der Waals surface area contributed by atoms with E-state index in [1.807, 2.05) is 18.3 Å². The molecule has 0 radical (unpaired) electrons. The molecule has 1 fully saturated rings. The van der Waals surface area contributed by atoms with Gasteiger partial charge < -0.3 is 10.3 Å². The van der Waals surface area contributed by atoms with Crippen molar-refractivity contribution in [2.24, 2.45) is 5.92 Å². The second-order valence-electron chi connectivity index (χ2n) is 6.95. The van der Waals surface area contributed by atoms with E-state index in [0.717, 1.165) is 42.1 Å². The number of fused-ring (bicyclic) bond motifs is 1. The number of H-pyrrole nitrogens is 1. The van der Waals surface area contributed by atoms with E-state index >= 15 is 0 Å². The number of amides is 1. The highest BCUT2D eigenvalue weighted by atomic mass is 16.1. The highest BCUT2D eigenvalue weighted by molar-refractivity contribution is 6.04. The number of aromatic amines is 1. The first-order chi connectivity index (χ1) is 12.1. The normalized spacial score (nSPS) is 21.1. The molecule has 130 valence electrons. The lowest BCUT2D eigenvalue weighted by molar-refractivity contribution is -0.118. The number of aryl methyl sites for hydroxylation is 1. The van der Waals surface area contributed by atoms with Gasteiger partial charge in [-0.1, -0.05) is 44.9 Å². The molecule has 1 heterocycles. The molecule has 2 atom stereocenters. The second kappa shape index (κ2) is 7.57. The average molecular weight is 335 g/mol. The van der Waals surface area contributed by atoms with Crippen molar-refractivity contribution in [2.45, 2.75) is 52.0 Å². The van der Waals surface area contributed by atoms with Crippen LogP contribution in [-0.4, -0.2) is 16.9 Å². The predicted molar refractivity (Wildman–Crippen MR) is 101 cm³/mol. The van der Waals surface area contributed by atoms with Crippen molar-refractivity contribution in [3.8, 4) is 6.07 Å². The lowest BCUT2D eigenvalue weighted by Gasteiger charge is -2.29. The van der Waals surface area contributed by atoms with Gasteiger partial charge in [-0.25, -0.2) is 0 Å². The van der Waals surface area contributed by atoms with Crippen molar-refractivity contribution in [1.82, 2.24) is 10.3 Å². The number of aromatic nitrogens is 1. The van der Waals surface area contributed by atoms with Gasteiger partial charge in [0.2, 0.25) is 0 Å². The fourth-order valence-electron chi connectivity index (χ4n) is 3.73. The van der Waals surface area contributed by atoms with Crippen LogP contribution in [0.5, 0.6) is 0 Å². The SMILES string of the molecule is CCc1cccc2c(/C=C(\C#N)C(=O)N[C@H]3CCCC[C@@H]3C)c[nH]c12. The molecule has 2 aromatic rings. The molecule has 1 aliphatic carbocycles. The first-order valence-corrected chi connectivity index (χ1v) is 9.15. The van der Waals surface area contributed by atoms with E-state index in [4.69, 9.17) is 0 Å². The largest absolute Gasteiger partial charge is 0.360 e.